The maximum Gasteiger partial charge on any atom is 0.326 e. The number of amides is 1. The number of hydrogen-bond acceptors (Lipinski definition) is 3. The van der Waals surface area contributed by atoms with Crippen LogP contribution in [0.3, 0.4) is 0 Å². The predicted octanol–water partition coefficient (Wildman–Crippen LogP) is 2.55. The third-order valence-corrected chi connectivity index (χ3v) is 3.54. The fourth-order valence-corrected chi connectivity index (χ4v) is 2.30. The van der Waals surface area contributed by atoms with E-state index in [2.05, 4.69) is 5.32 Å². The highest BCUT2D eigenvalue weighted by molar-refractivity contribution is 5.83. The lowest BCUT2D eigenvalue weighted by atomic mass is 10.0. The Morgan fingerprint density at radius 2 is 2.00 bits per heavy atom. The van der Waals surface area contributed by atoms with Gasteiger partial charge in [0.15, 0.2) is 0 Å². The van der Waals surface area contributed by atoms with Crippen LogP contribution in [-0.2, 0) is 16.0 Å². The lowest BCUT2D eigenvalue weighted by Gasteiger charge is -2.17. The van der Waals surface area contributed by atoms with Crippen molar-refractivity contribution in [1.29, 1.82) is 0 Å². The molecule has 0 heterocycles. The lowest BCUT2D eigenvalue weighted by Crippen LogP contribution is -2.44. The number of benzene rings is 1. The summed E-state index contributed by atoms with van der Waals surface area (Å²) < 4.78 is 5.31. The number of hydrogen-bond donors (Lipinski definition) is 2. The van der Waals surface area contributed by atoms with Crippen LogP contribution in [-0.4, -0.2) is 30.1 Å². The Hall–Kier alpha value is -2.04. The molecule has 1 rings (SSSR count). The fraction of sp³-hybridized carbons (Fsp3) is 0.529. The summed E-state index contributed by atoms with van der Waals surface area (Å²) in [6.45, 7) is 5.56. The van der Waals surface area contributed by atoms with Gasteiger partial charge in [0.1, 0.15) is 11.8 Å². The van der Waals surface area contributed by atoms with Crippen molar-refractivity contribution in [3.63, 3.8) is 0 Å². The summed E-state index contributed by atoms with van der Waals surface area (Å²) in [4.78, 5) is 22.9. The Labute approximate surface area is 131 Å². The lowest BCUT2D eigenvalue weighted by molar-refractivity contribution is -0.143. The molecule has 2 N–H and O–H groups in total. The van der Waals surface area contributed by atoms with Gasteiger partial charge in [0, 0.05) is 6.42 Å². The van der Waals surface area contributed by atoms with E-state index in [1.165, 1.54) is 0 Å². The topological polar surface area (TPSA) is 75.6 Å². The molecule has 1 amide bonds. The van der Waals surface area contributed by atoms with Gasteiger partial charge in [0.05, 0.1) is 7.11 Å². The van der Waals surface area contributed by atoms with E-state index in [4.69, 9.17) is 9.84 Å². The second-order valence-corrected chi connectivity index (χ2v) is 5.80. The van der Waals surface area contributed by atoms with Crippen molar-refractivity contribution in [2.45, 2.75) is 46.1 Å². The summed E-state index contributed by atoms with van der Waals surface area (Å²) >= 11 is 0. The number of methoxy groups -OCH3 is 1. The first-order chi connectivity index (χ1) is 10.3. The Balaban J connectivity index is 2.52. The molecular weight excluding hydrogens is 282 g/mol. The number of carbonyl (C=O) groups is 2. The summed E-state index contributed by atoms with van der Waals surface area (Å²) in [5.41, 5.74) is 2.21. The number of carbonyl (C=O) groups excluding carboxylic acids is 1. The molecule has 5 heteroatoms. The molecule has 122 valence electrons. The molecule has 0 aliphatic rings. The molecule has 0 aromatic heterocycles. The van der Waals surface area contributed by atoms with Gasteiger partial charge in [-0.3, -0.25) is 4.79 Å². The van der Waals surface area contributed by atoms with Gasteiger partial charge in [-0.05, 0) is 37.3 Å². The highest BCUT2D eigenvalue weighted by Crippen LogP contribution is 2.21. The molecule has 0 aliphatic carbocycles. The van der Waals surface area contributed by atoms with Crippen LogP contribution in [0.4, 0.5) is 0 Å². The van der Waals surface area contributed by atoms with Crippen molar-refractivity contribution in [3.8, 4) is 5.75 Å². The van der Waals surface area contributed by atoms with Crippen LogP contribution in [0.5, 0.6) is 5.75 Å². The second-order valence-electron chi connectivity index (χ2n) is 5.80. The minimum absolute atomic E-state index is 0.140. The normalized spacial score (nSPS) is 12.0. The summed E-state index contributed by atoms with van der Waals surface area (Å²) in [6.07, 6.45) is 1.67. The quantitative estimate of drug-likeness (QED) is 0.774. The predicted molar refractivity (Wildman–Crippen MR) is 85.1 cm³/mol. The number of rotatable bonds is 8. The number of carboxylic acids is 1. The number of nitrogens with one attached hydrogen (secondary N) is 1. The first-order valence-corrected chi connectivity index (χ1v) is 7.50. The number of aliphatic carboxylic acids is 1. The van der Waals surface area contributed by atoms with Crippen LogP contribution in [0.2, 0.25) is 0 Å². The van der Waals surface area contributed by atoms with E-state index < -0.39 is 12.0 Å². The Kier molecular flexibility index (Phi) is 6.89. The summed E-state index contributed by atoms with van der Waals surface area (Å²) in [7, 11) is 1.63. The van der Waals surface area contributed by atoms with Crippen molar-refractivity contribution < 1.29 is 19.4 Å². The van der Waals surface area contributed by atoms with E-state index in [1.54, 1.807) is 21.0 Å². The summed E-state index contributed by atoms with van der Waals surface area (Å²) in [5, 5.41) is 11.6. The van der Waals surface area contributed by atoms with E-state index in [9.17, 15) is 9.59 Å². The SMILES string of the molecule is COc1ccc(C)cc1CCCC(=O)NC(C(=O)O)C(C)C. The average Bonchev–Trinajstić information content (AvgIpc) is 2.44. The van der Waals surface area contributed by atoms with Crippen LogP contribution in [0, 0.1) is 12.8 Å². The molecule has 1 aromatic carbocycles. The molecule has 1 unspecified atom stereocenters. The van der Waals surface area contributed by atoms with Gasteiger partial charge in [-0.2, -0.15) is 0 Å². The summed E-state index contributed by atoms with van der Waals surface area (Å²) in [5.74, 6) is -0.550. The first kappa shape index (κ1) is 18.0. The van der Waals surface area contributed by atoms with E-state index in [-0.39, 0.29) is 11.8 Å². The molecule has 0 spiro atoms. The third kappa shape index (κ3) is 5.39. The highest BCUT2D eigenvalue weighted by atomic mass is 16.5. The molecule has 1 atom stereocenters. The number of aryl methyl sites for hydroxylation is 2. The molecule has 0 bridgehead atoms. The molecule has 0 fully saturated rings. The van der Waals surface area contributed by atoms with Gasteiger partial charge in [-0.1, -0.05) is 31.5 Å². The van der Waals surface area contributed by atoms with Crippen LogP contribution < -0.4 is 10.1 Å². The minimum Gasteiger partial charge on any atom is -0.496 e. The molecular formula is C17H25NO4. The van der Waals surface area contributed by atoms with Crippen molar-refractivity contribution in [2.75, 3.05) is 7.11 Å². The van der Waals surface area contributed by atoms with Crippen molar-refractivity contribution in [3.05, 3.63) is 29.3 Å². The first-order valence-electron chi connectivity index (χ1n) is 7.50. The maximum atomic E-state index is 11.9. The maximum absolute atomic E-state index is 11.9. The molecule has 22 heavy (non-hydrogen) atoms. The van der Waals surface area contributed by atoms with E-state index in [0.717, 1.165) is 23.3 Å². The second kappa shape index (κ2) is 8.41. The largest absolute Gasteiger partial charge is 0.496 e. The van der Waals surface area contributed by atoms with Gasteiger partial charge in [0.2, 0.25) is 5.91 Å². The van der Waals surface area contributed by atoms with Crippen molar-refractivity contribution in [2.24, 2.45) is 5.92 Å². The standard InChI is InChI=1S/C17H25NO4/c1-11(2)16(17(20)21)18-15(19)7-5-6-13-10-12(3)8-9-14(13)22-4/h8-11,16H,5-7H2,1-4H3,(H,18,19)(H,20,21). The van der Waals surface area contributed by atoms with E-state index >= 15 is 0 Å². The molecule has 0 radical (unpaired) electrons. The molecule has 0 saturated heterocycles. The zero-order valence-corrected chi connectivity index (χ0v) is 13.7. The van der Waals surface area contributed by atoms with Gasteiger partial charge >= 0.3 is 5.97 Å². The third-order valence-electron chi connectivity index (χ3n) is 3.54. The molecule has 1 aromatic rings. The zero-order valence-electron chi connectivity index (χ0n) is 13.7. The van der Waals surface area contributed by atoms with Gasteiger partial charge in [0.25, 0.3) is 0 Å². The Bertz CT molecular complexity index is 525. The molecule has 0 saturated carbocycles. The van der Waals surface area contributed by atoms with E-state index in [1.807, 2.05) is 25.1 Å². The molecule has 0 aliphatic heterocycles. The van der Waals surface area contributed by atoms with Gasteiger partial charge in [-0.15, -0.1) is 0 Å². The Morgan fingerprint density at radius 3 is 2.55 bits per heavy atom. The smallest absolute Gasteiger partial charge is 0.326 e. The van der Waals surface area contributed by atoms with Crippen LogP contribution >= 0.6 is 0 Å². The van der Waals surface area contributed by atoms with Gasteiger partial charge < -0.3 is 15.2 Å². The van der Waals surface area contributed by atoms with Crippen molar-refractivity contribution >= 4 is 11.9 Å². The van der Waals surface area contributed by atoms with Crippen LogP contribution in [0.25, 0.3) is 0 Å². The van der Waals surface area contributed by atoms with Gasteiger partial charge in [-0.25, -0.2) is 4.79 Å². The Morgan fingerprint density at radius 1 is 1.32 bits per heavy atom. The minimum atomic E-state index is -0.997. The number of ether oxygens (including phenoxy) is 1. The highest BCUT2D eigenvalue weighted by Gasteiger charge is 2.22. The molecule has 5 nitrogen and oxygen atoms in total. The fourth-order valence-electron chi connectivity index (χ4n) is 2.30. The van der Waals surface area contributed by atoms with Crippen LogP contribution in [0.1, 0.15) is 37.8 Å². The average molecular weight is 307 g/mol. The van der Waals surface area contributed by atoms with Crippen molar-refractivity contribution in [1.82, 2.24) is 5.32 Å². The monoisotopic (exact) mass is 307 g/mol. The number of carboxylic acid groups (broad SMARTS) is 1. The van der Waals surface area contributed by atoms with Crippen LogP contribution in [0.15, 0.2) is 18.2 Å². The summed E-state index contributed by atoms with van der Waals surface area (Å²) in [6, 6.07) is 5.12. The zero-order chi connectivity index (χ0) is 16.7. The van der Waals surface area contributed by atoms with E-state index in [0.29, 0.717) is 12.8 Å².